The highest BCUT2D eigenvalue weighted by atomic mass is 16.6. The van der Waals surface area contributed by atoms with Gasteiger partial charge in [-0.05, 0) is 32.1 Å². The van der Waals surface area contributed by atoms with Gasteiger partial charge in [-0.2, -0.15) is 0 Å². The highest BCUT2D eigenvalue weighted by Gasteiger charge is 2.34. The number of ether oxygens (including phenoxy) is 2. The van der Waals surface area contributed by atoms with Crippen LogP contribution >= 0.6 is 0 Å². The molecule has 194 valence electrons. The van der Waals surface area contributed by atoms with Crippen LogP contribution in [0, 0.1) is 0 Å². The van der Waals surface area contributed by atoms with Crippen molar-refractivity contribution in [2.75, 3.05) is 19.8 Å². The molecule has 1 unspecified atom stereocenters. The van der Waals surface area contributed by atoms with Gasteiger partial charge < -0.3 is 9.47 Å². The van der Waals surface area contributed by atoms with Crippen molar-refractivity contribution in [3.63, 3.8) is 0 Å². The molecule has 0 spiro atoms. The summed E-state index contributed by atoms with van der Waals surface area (Å²) in [6.45, 7) is 5.81. The van der Waals surface area contributed by atoms with Gasteiger partial charge in [0.1, 0.15) is 6.04 Å². The number of esters is 1. The van der Waals surface area contributed by atoms with Crippen LogP contribution in [-0.4, -0.2) is 42.8 Å². The zero-order valence-corrected chi connectivity index (χ0v) is 21.9. The largest absolute Gasteiger partial charge is 0.464 e. The second-order valence-electron chi connectivity index (χ2n) is 9.79. The molecular formula is C28H53NO4. The second kappa shape index (κ2) is 21.3. The normalized spacial score (nSPS) is 16.1. The number of piperidine rings is 1. The molecule has 1 fully saturated rings. The molecule has 5 nitrogen and oxygen atoms in total. The Morgan fingerprint density at radius 2 is 1.12 bits per heavy atom. The van der Waals surface area contributed by atoms with Crippen molar-refractivity contribution in [2.24, 2.45) is 0 Å². The van der Waals surface area contributed by atoms with Crippen molar-refractivity contribution >= 4 is 12.1 Å². The minimum Gasteiger partial charge on any atom is -0.464 e. The van der Waals surface area contributed by atoms with Gasteiger partial charge in [-0.3, -0.25) is 4.90 Å². The third-order valence-corrected chi connectivity index (χ3v) is 6.73. The predicted octanol–water partition coefficient (Wildman–Crippen LogP) is 8.19. The lowest BCUT2D eigenvalue weighted by Crippen LogP contribution is -2.49. The third-order valence-electron chi connectivity index (χ3n) is 6.73. The fourth-order valence-corrected chi connectivity index (χ4v) is 4.52. The molecule has 0 aromatic carbocycles. The van der Waals surface area contributed by atoms with Gasteiger partial charge in [0.15, 0.2) is 0 Å². The second-order valence-corrected chi connectivity index (χ2v) is 9.79. The molecule has 1 rings (SSSR count). The number of rotatable bonds is 20. The van der Waals surface area contributed by atoms with Gasteiger partial charge in [-0.15, -0.1) is 0 Å². The van der Waals surface area contributed by atoms with Crippen LogP contribution in [0.3, 0.4) is 0 Å². The average Bonchev–Trinajstić information content (AvgIpc) is 2.83. The molecule has 0 bridgehead atoms. The van der Waals surface area contributed by atoms with Gasteiger partial charge in [0.2, 0.25) is 0 Å². The fourth-order valence-electron chi connectivity index (χ4n) is 4.52. The van der Waals surface area contributed by atoms with Crippen LogP contribution in [-0.2, 0) is 14.3 Å². The quantitative estimate of drug-likeness (QED) is 0.134. The van der Waals surface area contributed by atoms with E-state index in [2.05, 4.69) is 13.8 Å². The summed E-state index contributed by atoms with van der Waals surface area (Å²) in [5, 5.41) is 0. The monoisotopic (exact) mass is 467 g/mol. The van der Waals surface area contributed by atoms with Gasteiger partial charge in [-0.25, -0.2) is 9.59 Å². The van der Waals surface area contributed by atoms with E-state index in [4.69, 9.17) is 9.47 Å². The third kappa shape index (κ3) is 15.3. The molecule has 1 atom stereocenters. The van der Waals surface area contributed by atoms with Gasteiger partial charge in [0.05, 0.1) is 13.2 Å². The van der Waals surface area contributed by atoms with E-state index in [-0.39, 0.29) is 12.1 Å². The number of carbonyl (C=O) groups is 2. The first-order valence-corrected chi connectivity index (χ1v) is 14.3. The Balaban J connectivity index is 1.97. The molecule has 0 radical (unpaired) electrons. The number of hydrogen-bond acceptors (Lipinski definition) is 4. The van der Waals surface area contributed by atoms with Crippen molar-refractivity contribution in [1.82, 2.24) is 4.90 Å². The topological polar surface area (TPSA) is 55.8 Å². The van der Waals surface area contributed by atoms with Gasteiger partial charge in [-0.1, -0.05) is 110 Å². The van der Waals surface area contributed by atoms with Crippen molar-refractivity contribution in [2.45, 2.75) is 148 Å². The lowest BCUT2D eigenvalue weighted by molar-refractivity contribution is -0.150. The standard InChI is InChI=1S/C28H53NO4/c1-3-5-7-8-9-10-11-12-13-14-15-16-17-18-21-25-32-27(30)26-22-19-20-23-29(26)28(31)33-24-6-4-2/h26H,3-25H2,1-2H3. The van der Waals surface area contributed by atoms with Crippen LogP contribution in [0.4, 0.5) is 4.79 Å². The summed E-state index contributed by atoms with van der Waals surface area (Å²) < 4.78 is 10.8. The molecule has 0 aliphatic carbocycles. The van der Waals surface area contributed by atoms with Crippen LogP contribution in [0.1, 0.15) is 142 Å². The van der Waals surface area contributed by atoms with E-state index >= 15 is 0 Å². The van der Waals surface area contributed by atoms with E-state index in [1.807, 2.05) is 0 Å². The Labute approximate surface area is 204 Å². The van der Waals surface area contributed by atoms with Crippen LogP contribution in [0.5, 0.6) is 0 Å². The molecule has 1 aliphatic rings. The highest BCUT2D eigenvalue weighted by Crippen LogP contribution is 2.20. The molecule has 0 aromatic heterocycles. The van der Waals surface area contributed by atoms with Crippen LogP contribution in [0.25, 0.3) is 0 Å². The molecule has 33 heavy (non-hydrogen) atoms. The van der Waals surface area contributed by atoms with Gasteiger partial charge in [0, 0.05) is 6.54 Å². The number of amides is 1. The van der Waals surface area contributed by atoms with E-state index in [1.165, 1.54) is 83.5 Å². The maximum absolute atomic E-state index is 12.5. The highest BCUT2D eigenvalue weighted by molar-refractivity contribution is 5.81. The first-order valence-electron chi connectivity index (χ1n) is 14.3. The number of unbranched alkanes of at least 4 members (excludes halogenated alkanes) is 15. The Morgan fingerprint density at radius 3 is 1.67 bits per heavy atom. The van der Waals surface area contributed by atoms with E-state index < -0.39 is 6.04 Å². The van der Waals surface area contributed by atoms with Gasteiger partial charge in [0.25, 0.3) is 0 Å². The van der Waals surface area contributed by atoms with Crippen LogP contribution in [0.15, 0.2) is 0 Å². The van der Waals surface area contributed by atoms with Crippen molar-refractivity contribution < 1.29 is 19.1 Å². The summed E-state index contributed by atoms with van der Waals surface area (Å²) in [7, 11) is 0. The SMILES string of the molecule is CCCCCCCCCCCCCCCCCOC(=O)C1CCCCN1C(=O)OCCCC. The fraction of sp³-hybridized carbons (Fsp3) is 0.929. The van der Waals surface area contributed by atoms with Gasteiger partial charge >= 0.3 is 12.1 Å². The Kier molecular flexibility index (Phi) is 19.2. The summed E-state index contributed by atoms with van der Waals surface area (Å²) in [6, 6.07) is -0.468. The van der Waals surface area contributed by atoms with Crippen molar-refractivity contribution in [3.05, 3.63) is 0 Å². The minimum atomic E-state index is -0.468. The number of nitrogens with zero attached hydrogens (tertiary/aromatic N) is 1. The first-order chi connectivity index (χ1) is 16.2. The zero-order chi connectivity index (χ0) is 24.0. The molecule has 1 saturated heterocycles. The molecular weight excluding hydrogens is 414 g/mol. The Hall–Kier alpha value is -1.26. The smallest absolute Gasteiger partial charge is 0.410 e. The molecule has 5 heteroatoms. The zero-order valence-electron chi connectivity index (χ0n) is 21.9. The number of hydrogen-bond donors (Lipinski definition) is 0. The van der Waals surface area contributed by atoms with E-state index in [0.717, 1.165) is 38.5 Å². The Bertz CT molecular complexity index is 483. The van der Waals surface area contributed by atoms with Crippen LogP contribution in [0.2, 0.25) is 0 Å². The van der Waals surface area contributed by atoms with Crippen molar-refractivity contribution in [1.29, 1.82) is 0 Å². The van der Waals surface area contributed by atoms with Crippen LogP contribution < -0.4 is 0 Å². The average molecular weight is 468 g/mol. The number of likely N-dealkylation sites (tertiary alicyclic amines) is 1. The molecule has 0 saturated carbocycles. The number of carbonyl (C=O) groups excluding carboxylic acids is 2. The maximum Gasteiger partial charge on any atom is 0.410 e. The predicted molar refractivity (Wildman–Crippen MR) is 136 cm³/mol. The van der Waals surface area contributed by atoms with E-state index in [1.54, 1.807) is 4.90 Å². The van der Waals surface area contributed by atoms with E-state index in [9.17, 15) is 9.59 Å². The summed E-state index contributed by atoms with van der Waals surface area (Å²) in [5.74, 6) is -0.257. The van der Waals surface area contributed by atoms with Crippen molar-refractivity contribution in [3.8, 4) is 0 Å². The summed E-state index contributed by atoms with van der Waals surface area (Å²) >= 11 is 0. The first kappa shape index (κ1) is 29.8. The molecule has 1 heterocycles. The van der Waals surface area contributed by atoms with E-state index in [0.29, 0.717) is 26.2 Å². The maximum atomic E-state index is 12.5. The molecule has 0 N–H and O–H groups in total. The minimum absolute atomic E-state index is 0.257. The summed E-state index contributed by atoms with van der Waals surface area (Å²) in [6.07, 6.45) is 23.8. The summed E-state index contributed by atoms with van der Waals surface area (Å²) in [4.78, 5) is 26.4. The molecule has 1 aliphatic heterocycles. The molecule has 0 aromatic rings. The lowest BCUT2D eigenvalue weighted by atomic mass is 10.0. The lowest BCUT2D eigenvalue weighted by Gasteiger charge is -2.33. The Morgan fingerprint density at radius 1 is 0.636 bits per heavy atom. The summed E-state index contributed by atoms with van der Waals surface area (Å²) in [5.41, 5.74) is 0. The molecule has 1 amide bonds.